The number of carbonyl (C=O) groups excluding carboxylic acids is 2. The molecule has 6 heteroatoms. The Kier molecular flexibility index (Phi) is 8.42. The van der Waals surface area contributed by atoms with Crippen molar-refractivity contribution in [2.24, 2.45) is 0 Å². The number of amides is 2. The molecule has 0 aliphatic rings. The van der Waals surface area contributed by atoms with Crippen LogP contribution in [0, 0.1) is 0 Å². The molecule has 0 spiro atoms. The Morgan fingerprint density at radius 1 is 0.844 bits per heavy atom. The first-order valence-electron chi connectivity index (χ1n) is 11.2. The Hall–Kier alpha value is -2.89. The van der Waals surface area contributed by atoms with Gasteiger partial charge in [-0.05, 0) is 51.6 Å². The average molecular weight is 440 g/mol. The topological polar surface area (TPSA) is 91.3 Å². The van der Waals surface area contributed by atoms with Crippen molar-refractivity contribution in [2.45, 2.75) is 78.2 Å². The summed E-state index contributed by atoms with van der Waals surface area (Å²) in [5, 5.41) is 16.5. The number of rotatable bonds is 8. The summed E-state index contributed by atoms with van der Waals surface area (Å²) in [7, 11) is 0. The number of phenols is 1. The molecule has 0 unspecified atom stereocenters. The summed E-state index contributed by atoms with van der Waals surface area (Å²) in [4.78, 5) is 28.2. The number of nitrogens with one attached hydrogen (secondary N) is 2. The minimum absolute atomic E-state index is 0.0883. The van der Waals surface area contributed by atoms with Crippen LogP contribution in [0.2, 0.25) is 0 Å². The van der Waals surface area contributed by atoms with Gasteiger partial charge in [0.2, 0.25) is 11.8 Å². The van der Waals surface area contributed by atoms with E-state index in [0.29, 0.717) is 31.7 Å². The van der Waals surface area contributed by atoms with Crippen molar-refractivity contribution < 1.29 is 14.7 Å². The van der Waals surface area contributed by atoms with E-state index in [4.69, 9.17) is 0 Å². The summed E-state index contributed by atoms with van der Waals surface area (Å²) in [6, 6.07) is 7.71. The number of pyridine rings is 1. The van der Waals surface area contributed by atoms with Gasteiger partial charge in [0.25, 0.3) is 0 Å². The minimum atomic E-state index is -0.202. The van der Waals surface area contributed by atoms with Crippen LogP contribution in [0.5, 0.6) is 5.75 Å². The highest BCUT2D eigenvalue weighted by Crippen LogP contribution is 2.39. The molecule has 0 radical (unpaired) electrons. The van der Waals surface area contributed by atoms with Crippen LogP contribution in [-0.2, 0) is 33.4 Å². The van der Waals surface area contributed by atoms with Gasteiger partial charge in [-0.15, -0.1) is 0 Å². The molecule has 2 aromatic rings. The van der Waals surface area contributed by atoms with Crippen LogP contribution < -0.4 is 10.6 Å². The van der Waals surface area contributed by atoms with E-state index in [2.05, 4.69) is 57.2 Å². The first kappa shape index (κ1) is 25.4. The highest BCUT2D eigenvalue weighted by Gasteiger charge is 2.26. The van der Waals surface area contributed by atoms with Crippen molar-refractivity contribution in [2.75, 3.05) is 6.54 Å². The summed E-state index contributed by atoms with van der Waals surface area (Å²) >= 11 is 0. The van der Waals surface area contributed by atoms with Gasteiger partial charge in [-0.2, -0.15) is 0 Å². The van der Waals surface area contributed by atoms with Crippen LogP contribution in [0.25, 0.3) is 0 Å². The van der Waals surface area contributed by atoms with Crippen LogP contribution in [-0.4, -0.2) is 28.4 Å². The molecular formula is C26H37N3O3. The van der Waals surface area contributed by atoms with E-state index in [1.54, 1.807) is 12.4 Å². The number of phenolic OH excluding ortho intramolecular Hbond substituents is 1. The third-order valence-corrected chi connectivity index (χ3v) is 5.34. The van der Waals surface area contributed by atoms with Gasteiger partial charge < -0.3 is 15.7 Å². The van der Waals surface area contributed by atoms with E-state index in [1.807, 2.05) is 24.3 Å². The largest absolute Gasteiger partial charge is 0.507 e. The summed E-state index contributed by atoms with van der Waals surface area (Å²) < 4.78 is 0. The van der Waals surface area contributed by atoms with Gasteiger partial charge in [-0.3, -0.25) is 14.6 Å². The highest BCUT2D eigenvalue weighted by atomic mass is 16.3. The molecule has 2 amide bonds. The van der Waals surface area contributed by atoms with Crippen LogP contribution in [0.3, 0.4) is 0 Å². The predicted octanol–water partition coefficient (Wildman–Crippen LogP) is 4.14. The van der Waals surface area contributed by atoms with Gasteiger partial charge in [-0.25, -0.2) is 0 Å². The van der Waals surface area contributed by atoms with Gasteiger partial charge in [-0.1, -0.05) is 53.7 Å². The van der Waals surface area contributed by atoms with Gasteiger partial charge in [0.15, 0.2) is 0 Å². The second-order valence-electron chi connectivity index (χ2n) is 10.3. The summed E-state index contributed by atoms with van der Waals surface area (Å²) in [5.41, 5.74) is 3.40. The monoisotopic (exact) mass is 439 g/mol. The molecule has 174 valence electrons. The second kappa shape index (κ2) is 10.6. The number of carbonyl (C=O) groups is 2. The second-order valence-corrected chi connectivity index (χ2v) is 10.3. The Morgan fingerprint density at radius 2 is 1.38 bits per heavy atom. The number of benzene rings is 1. The summed E-state index contributed by atoms with van der Waals surface area (Å²) in [6.07, 6.45) is 4.51. The molecule has 1 aromatic heterocycles. The van der Waals surface area contributed by atoms with Gasteiger partial charge in [0.05, 0.1) is 0 Å². The normalized spacial score (nSPS) is 11.8. The maximum absolute atomic E-state index is 12.3. The molecule has 6 nitrogen and oxygen atoms in total. The zero-order valence-electron chi connectivity index (χ0n) is 20.2. The van der Waals surface area contributed by atoms with E-state index in [-0.39, 0.29) is 29.1 Å². The lowest BCUT2D eigenvalue weighted by atomic mass is 9.78. The molecule has 2 rings (SSSR count). The molecule has 0 bridgehead atoms. The van der Waals surface area contributed by atoms with E-state index in [0.717, 1.165) is 22.3 Å². The lowest BCUT2D eigenvalue weighted by Gasteiger charge is -2.28. The zero-order chi connectivity index (χ0) is 23.9. The van der Waals surface area contributed by atoms with E-state index >= 15 is 0 Å². The standard InChI is InChI=1S/C26H37N3O3/c1-25(2,3)20-15-19(16-21(24(20)32)26(4,5)6)7-8-22(30)28-14-11-23(31)29-17-18-9-12-27-13-10-18/h9-10,12-13,15-16,32H,7-8,11,14,17H2,1-6H3,(H,28,30)(H,29,31). The molecule has 0 fully saturated rings. The fourth-order valence-corrected chi connectivity index (χ4v) is 3.43. The van der Waals surface area contributed by atoms with E-state index < -0.39 is 0 Å². The average Bonchev–Trinajstić information content (AvgIpc) is 2.70. The number of hydrogen-bond acceptors (Lipinski definition) is 4. The SMILES string of the molecule is CC(C)(C)c1cc(CCC(=O)NCCC(=O)NCc2ccncc2)cc(C(C)(C)C)c1O. The lowest BCUT2D eigenvalue weighted by molar-refractivity contribution is -0.122. The Labute approximate surface area is 191 Å². The fraction of sp³-hybridized carbons (Fsp3) is 0.500. The molecule has 1 aromatic carbocycles. The highest BCUT2D eigenvalue weighted by molar-refractivity contribution is 5.79. The predicted molar refractivity (Wildman–Crippen MR) is 128 cm³/mol. The van der Waals surface area contributed by atoms with Gasteiger partial charge >= 0.3 is 0 Å². The van der Waals surface area contributed by atoms with Crippen molar-refractivity contribution in [1.29, 1.82) is 0 Å². The Bertz CT molecular complexity index is 891. The number of aromatic hydroxyl groups is 1. The lowest BCUT2D eigenvalue weighted by Crippen LogP contribution is -2.30. The maximum Gasteiger partial charge on any atom is 0.222 e. The van der Waals surface area contributed by atoms with Gasteiger partial charge in [0.1, 0.15) is 5.75 Å². The molecule has 0 atom stereocenters. The smallest absolute Gasteiger partial charge is 0.222 e. The Balaban J connectivity index is 1.87. The van der Waals surface area contributed by atoms with Crippen LogP contribution >= 0.6 is 0 Å². The fourth-order valence-electron chi connectivity index (χ4n) is 3.43. The molecule has 0 saturated heterocycles. The molecule has 3 N–H and O–H groups in total. The molecule has 1 heterocycles. The van der Waals surface area contributed by atoms with Crippen molar-refractivity contribution >= 4 is 11.8 Å². The number of nitrogens with zero attached hydrogens (tertiary/aromatic N) is 1. The van der Waals surface area contributed by atoms with Crippen molar-refractivity contribution in [3.8, 4) is 5.75 Å². The van der Waals surface area contributed by atoms with Crippen molar-refractivity contribution in [1.82, 2.24) is 15.6 Å². The quantitative estimate of drug-likeness (QED) is 0.577. The molecule has 0 aliphatic carbocycles. The van der Waals surface area contributed by atoms with Crippen LogP contribution in [0.15, 0.2) is 36.7 Å². The summed E-state index contributed by atoms with van der Waals surface area (Å²) in [6.45, 7) is 13.2. The maximum atomic E-state index is 12.3. The van der Waals surface area contributed by atoms with Crippen molar-refractivity contribution in [3.63, 3.8) is 0 Å². The van der Waals surface area contributed by atoms with Crippen molar-refractivity contribution in [3.05, 3.63) is 58.9 Å². The number of aryl methyl sites for hydroxylation is 1. The third-order valence-electron chi connectivity index (χ3n) is 5.34. The van der Waals surface area contributed by atoms with E-state index in [9.17, 15) is 14.7 Å². The number of hydrogen-bond donors (Lipinski definition) is 3. The first-order chi connectivity index (χ1) is 14.9. The van der Waals surface area contributed by atoms with Gasteiger partial charge in [0, 0.05) is 38.3 Å². The first-order valence-corrected chi connectivity index (χ1v) is 11.2. The van der Waals surface area contributed by atoms with Crippen LogP contribution in [0.1, 0.15) is 76.6 Å². The Morgan fingerprint density at radius 3 is 1.91 bits per heavy atom. The molecule has 32 heavy (non-hydrogen) atoms. The van der Waals surface area contributed by atoms with Crippen LogP contribution in [0.4, 0.5) is 0 Å². The molecular weight excluding hydrogens is 402 g/mol. The summed E-state index contributed by atoms with van der Waals surface area (Å²) in [5.74, 6) is 0.149. The minimum Gasteiger partial charge on any atom is -0.507 e. The number of aromatic nitrogens is 1. The third kappa shape index (κ3) is 7.66. The zero-order valence-corrected chi connectivity index (χ0v) is 20.2. The van der Waals surface area contributed by atoms with E-state index in [1.165, 1.54) is 0 Å². The molecule has 0 saturated carbocycles. The molecule has 0 aliphatic heterocycles.